The normalized spacial score (nSPS) is 16.7. The van der Waals surface area contributed by atoms with Crippen LogP contribution in [0.25, 0.3) is 10.2 Å². The molecule has 8 heteroatoms. The molecule has 1 saturated heterocycles. The quantitative estimate of drug-likeness (QED) is 0.614. The summed E-state index contributed by atoms with van der Waals surface area (Å²) < 4.78 is 7.02. The Bertz CT molecular complexity index is 1040. The van der Waals surface area contributed by atoms with E-state index in [4.69, 9.17) is 4.74 Å². The molecule has 0 spiro atoms. The van der Waals surface area contributed by atoms with Crippen molar-refractivity contribution in [2.45, 2.75) is 6.42 Å². The van der Waals surface area contributed by atoms with Gasteiger partial charge in [0.15, 0.2) is 5.13 Å². The fraction of sp³-hybridized carbons (Fsp3) is 0.211. The van der Waals surface area contributed by atoms with Gasteiger partial charge in [0.05, 0.1) is 17.3 Å². The molecule has 1 aliphatic heterocycles. The highest BCUT2D eigenvalue weighted by Gasteiger charge is 2.38. The first kappa shape index (κ1) is 17.9. The zero-order chi connectivity index (χ0) is 19.0. The topological polar surface area (TPSA) is 71.5 Å². The van der Waals surface area contributed by atoms with Crippen LogP contribution in [0.3, 0.4) is 0 Å². The van der Waals surface area contributed by atoms with Gasteiger partial charge in [0, 0.05) is 16.7 Å². The van der Waals surface area contributed by atoms with Crippen molar-refractivity contribution in [3.8, 4) is 5.75 Å². The smallest absolute Gasteiger partial charge is 0.239 e. The van der Waals surface area contributed by atoms with E-state index in [1.54, 1.807) is 12.0 Å². The summed E-state index contributed by atoms with van der Waals surface area (Å²) in [7, 11) is 1.60. The molecule has 27 heavy (non-hydrogen) atoms. The average Bonchev–Trinajstić information content (AvgIpc) is 3.23. The van der Waals surface area contributed by atoms with Crippen molar-refractivity contribution in [3.05, 3.63) is 46.9 Å². The molecule has 0 bridgehead atoms. The number of aromatic nitrogens is 1. The summed E-state index contributed by atoms with van der Waals surface area (Å²) in [6.45, 7) is 0.518. The predicted molar refractivity (Wildman–Crippen MR) is 109 cm³/mol. The van der Waals surface area contributed by atoms with Crippen molar-refractivity contribution in [1.82, 2.24) is 4.98 Å². The highest BCUT2D eigenvalue weighted by molar-refractivity contribution is 9.10. The largest absolute Gasteiger partial charge is 0.497 e. The first-order valence-electron chi connectivity index (χ1n) is 8.37. The Morgan fingerprint density at radius 3 is 2.96 bits per heavy atom. The van der Waals surface area contributed by atoms with E-state index in [1.807, 2.05) is 42.5 Å². The Balaban J connectivity index is 1.49. The molecule has 1 aromatic heterocycles. The van der Waals surface area contributed by atoms with E-state index in [0.29, 0.717) is 18.1 Å². The van der Waals surface area contributed by atoms with Crippen LogP contribution in [0.5, 0.6) is 5.75 Å². The Kier molecular flexibility index (Phi) is 4.84. The maximum atomic E-state index is 12.7. The van der Waals surface area contributed by atoms with Gasteiger partial charge in [-0.15, -0.1) is 0 Å². The highest BCUT2D eigenvalue weighted by atomic mass is 79.9. The number of nitrogens with zero attached hydrogens (tertiary/aromatic N) is 2. The van der Waals surface area contributed by atoms with Gasteiger partial charge in [0.2, 0.25) is 11.8 Å². The van der Waals surface area contributed by atoms with Gasteiger partial charge in [-0.25, -0.2) is 4.98 Å². The molecule has 2 aromatic carbocycles. The first-order valence-corrected chi connectivity index (χ1v) is 9.98. The molecule has 4 rings (SSSR count). The zero-order valence-electron chi connectivity index (χ0n) is 14.4. The van der Waals surface area contributed by atoms with E-state index >= 15 is 0 Å². The number of nitrogens with one attached hydrogen (secondary N) is 1. The number of hydrogen-bond donors (Lipinski definition) is 1. The van der Waals surface area contributed by atoms with Crippen LogP contribution in [-0.2, 0) is 9.59 Å². The van der Waals surface area contributed by atoms with Gasteiger partial charge < -0.3 is 15.0 Å². The minimum absolute atomic E-state index is 0.187. The van der Waals surface area contributed by atoms with Crippen LogP contribution in [0, 0.1) is 5.92 Å². The van der Waals surface area contributed by atoms with Crippen LogP contribution >= 0.6 is 27.3 Å². The maximum Gasteiger partial charge on any atom is 0.239 e. The molecule has 2 amide bonds. The van der Waals surface area contributed by atoms with Crippen LogP contribution in [-0.4, -0.2) is 30.5 Å². The summed E-state index contributed by atoms with van der Waals surface area (Å²) in [5, 5.41) is 3.28. The third-order valence-electron chi connectivity index (χ3n) is 4.47. The van der Waals surface area contributed by atoms with Crippen molar-refractivity contribution >= 4 is 60.1 Å². The van der Waals surface area contributed by atoms with Crippen molar-refractivity contribution in [2.24, 2.45) is 5.92 Å². The molecule has 2 heterocycles. The Morgan fingerprint density at radius 2 is 2.19 bits per heavy atom. The molecule has 3 aromatic rings. The molecular weight excluding hydrogens is 430 g/mol. The van der Waals surface area contributed by atoms with Gasteiger partial charge in [-0.05, 0) is 42.8 Å². The summed E-state index contributed by atoms with van der Waals surface area (Å²) in [5.74, 6) is -0.470. The Morgan fingerprint density at radius 1 is 1.33 bits per heavy atom. The van der Waals surface area contributed by atoms with E-state index in [2.05, 4.69) is 26.2 Å². The lowest BCUT2D eigenvalue weighted by Crippen LogP contribution is -2.33. The number of halogens is 1. The summed E-state index contributed by atoms with van der Waals surface area (Å²) in [5.41, 5.74) is 1.57. The van der Waals surface area contributed by atoms with Gasteiger partial charge in [0.25, 0.3) is 0 Å². The van der Waals surface area contributed by atoms with Crippen molar-refractivity contribution in [1.29, 1.82) is 0 Å². The lowest BCUT2D eigenvalue weighted by Gasteiger charge is -2.16. The molecule has 1 fully saturated rings. The molecule has 1 unspecified atom stereocenters. The maximum absolute atomic E-state index is 12.7. The Hall–Kier alpha value is -2.45. The molecular formula is C19H16BrN3O3S. The van der Waals surface area contributed by atoms with Gasteiger partial charge in [-0.3, -0.25) is 9.59 Å². The van der Waals surface area contributed by atoms with Crippen LogP contribution in [0.2, 0.25) is 0 Å². The van der Waals surface area contributed by atoms with Crippen molar-refractivity contribution in [3.63, 3.8) is 0 Å². The summed E-state index contributed by atoms with van der Waals surface area (Å²) in [4.78, 5) is 31.4. The summed E-state index contributed by atoms with van der Waals surface area (Å²) in [6, 6.07) is 13.0. The number of ether oxygens (including phenoxy) is 1. The first-order chi connectivity index (χ1) is 13.0. The lowest BCUT2D eigenvalue weighted by atomic mass is 10.1. The Labute approximate surface area is 168 Å². The van der Waals surface area contributed by atoms with E-state index < -0.39 is 5.92 Å². The number of benzene rings is 2. The number of carbonyl (C=O) groups is 2. The van der Waals surface area contributed by atoms with E-state index in [0.717, 1.165) is 26.1 Å². The van der Waals surface area contributed by atoms with Crippen LogP contribution in [0.15, 0.2) is 46.9 Å². The van der Waals surface area contributed by atoms with Gasteiger partial charge in [-0.2, -0.15) is 0 Å². The molecule has 1 atom stereocenters. The van der Waals surface area contributed by atoms with Crippen LogP contribution < -0.4 is 15.0 Å². The zero-order valence-corrected chi connectivity index (χ0v) is 16.8. The number of fused-ring (bicyclic) bond motifs is 1. The average molecular weight is 446 g/mol. The standard InChI is InChI=1S/C19H16BrN3O3S/c1-26-13-5-6-15-16(10-13)27-19(21-15)22-17(24)14-7-8-23(18(14)25)12-4-2-3-11(20)9-12/h2-6,9-10,14H,7-8H2,1H3,(H,21,22,24). The minimum atomic E-state index is -0.703. The lowest BCUT2D eigenvalue weighted by molar-refractivity contribution is -0.129. The predicted octanol–water partition coefficient (Wildman–Crippen LogP) is 4.06. The molecule has 0 aliphatic carbocycles. The van der Waals surface area contributed by atoms with Gasteiger partial charge >= 0.3 is 0 Å². The van der Waals surface area contributed by atoms with E-state index in [-0.39, 0.29) is 11.8 Å². The fourth-order valence-corrected chi connectivity index (χ4v) is 4.39. The number of anilines is 2. The van der Waals surface area contributed by atoms with Crippen LogP contribution in [0.4, 0.5) is 10.8 Å². The van der Waals surface area contributed by atoms with E-state index in [1.165, 1.54) is 11.3 Å². The second-order valence-electron chi connectivity index (χ2n) is 6.15. The SMILES string of the molecule is COc1ccc2nc(NC(=O)C3CCN(c4cccc(Br)c4)C3=O)sc2c1. The molecule has 0 saturated carbocycles. The number of rotatable bonds is 4. The van der Waals surface area contributed by atoms with Crippen molar-refractivity contribution in [2.75, 3.05) is 23.9 Å². The van der Waals surface area contributed by atoms with Crippen LogP contribution in [0.1, 0.15) is 6.42 Å². The summed E-state index contributed by atoms with van der Waals surface area (Å²) in [6.07, 6.45) is 0.482. The van der Waals surface area contributed by atoms with E-state index in [9.17, 15) is 9.59 Å². The number of methoxy groups -OCH3 is 1. The van der Waals surface area contributed by atoms with Gasteiger partial charge in [-0.1, -0.05) is 33.3 Å². The van der Waals surface area contributed by atoms with Gasteiger partial charge in [0.1, 0.15) is 11.7 Å². The minimum Gasteiger partial charge on any atom is -0.497 e. The summed E-state index contributed by atoms with van der Waals surface area (Å²) >= 11 is 4.77. The molecule has 1 N–H and O–H groups in total. The highest BCUT2D eigenvalue weighted by Crippen LogP contribution is 2.31. The third kappa shape index (κ3) is 3.54. The molecule has 1 aliphatic rings. The molecule has 138 valence electrons. The molecule has 0 radical (unpaired) electrons. The fourth-order valence-electron chi connectivity index (χ4n) is 3.10. The number of hydrogen-bond acceptors (Lipinski definition) is 5. The number of amides is 2. The number of thiazole rings is 1. The monoisotopic (exact) mass is 445 g/mol. The molecule has 6 nitrogen and oxygen atoms in total. The second kappa shape index (κ2) is 7.28. The van der Waals surface area contributed by atoms with Crippen molar-refractivity contribution < 1.29 is 14.3 Å². The third-order valence-corrected chi connectivity index (χ3v) is 5.89. The second-order valence-corrected chi connectivity index (χ2v) is 8.10. The number of carbonyl (C=O) groups excluding carboxylic acids is 2.